The van der Waals surface area contributed by atoms with Crippen LogP contribution in [0.4, 0.5) is 11.4 Å². The van der Waals surface area contributed by atoms with E-state index in [-0.39, 0.29) is 5.75 Å². The third kappa shape index (κ3) is 5.33. The van der Waals surface area contributed by atoms with Crippen LogP contribution in [0.3, 0.4) is 0 Å². The lowest BCUT2D eigenvalue weighted by Gasteiger charge is -2.25. The smallest absolute Gasteiger partial charge is 0.371 e. The predicted octanol–water partition coefficient (Wildman–Crippen LogP) is 3.35. The van der Waals surface area contributed by atoms with Crippen molar-refractivity contribution in [1.29, 1.82) is 10.5 Å². The highest BCUT2D eigenvalue weighted by atomic mass is 32.2. The Labute approximate surface area is 169 Å². The predicted molar refractivity (Wildman–Crippen MR) is 108 cm³/mol. The van der Waals surface area contributed by atoms with E-state index in [0.717, 1.165) is 16.9 Å². The van der Waals surface area contributed by atoms with Gasteiger partial charge in [0.25, 0.3) is 0 Å². The minimum atomic E-state index is -4.08. The van der Waals surface area contributed by atoms with Crippen LogP contribution < -0.4 is 14.2 Å². The van der Waals surface area contributed by atoms with E-state index in [9.17, 15) is 8.42 Å². The van der Waals surface area contributed by atoms with Crippen LogP contribution in [0.5, 0.6) is 5.75 Å². The molecule has 0 amide bonds. The molecule has 0 heterocycles. The molecule has 0 fully saturated rings. The summed E-state index contributed by atoms with van der Waals surface area (Å²) in [4.78, 5) is 2.01. The number of hydrogen-bond donors (Lipinski definition) is 1. The van der Waals surface area contributed by atoms with Crippen LogP contribution in [0.2, 0.25) is 0 Å². The summed E-state index contributed by atoms with van der Waals surface area (Å²) in [7, 11) is -4.08. The molecule has 7 nitrogen and oxygen atoms in total. The van der Waals surface area contributed by atoms with Crippen LogP contribution >= 0.6 is 0 Å². The molecule has 3 rings (SSSR count). The molecule has 0 unspecified atom stereocenters. The van der Waals surface area contributed by atoms with E-state index in [2.05, 4.69) is 16.3 Å². The van der Waals surface area contributed by atoms with E-state index in [0.29, 0.717) is 17.7 Å². The van der Waals surface area contributed by atoms with Gasteiger partial charge in [-0.15, -0.1) is 0 Å². The number of hydrogen-bond acceptors (Lipinski definition) is 6. The maximum Gasteiger partial charge on any atom is 0.380 e. The van der Waals surface area contributed by atoms with Gasteiger partial charge in [0.2, 0.25) is 0 Å². The summed E-state index contributed by atoms with van der Waals surface area (Å²) in [5, 5.41) is 22.9. The number of rotatable bonds is 6. The first-order chi connectivity index (χ1) is 13.9. The van der Waals surface area contributed by atoms with Gasteiger partial charge in [0.15, 0.2) is 0 Å². The summed E-state index contributed by atoms with van der Waals surface area (Å²) < 4.78 is 26.7. The third-order valence-electron chi connectivity index (χ3n) is 4.09. The average molecular weight is 404 g/mol. The largest absolute Gasteiger partial charge is 0.380 e. The molecule has 0 aliphatic carbocycles. The first kappa shape index (κ1) is 19.9. The van der Waals surface area contributed by atoms with E-state index in [4.69, 9.17) is 15.7 Å². The zero-order chi connectivity index (χ0) is 20.9. The Kier molecular flexibility index (Phi) is 5.79. The second-order valence-corrected chi connectivity index (χ2v) is 7.28. The molecule has 0 aliphatic rings. The van der Waals surface area contributed by atoms with Crippen molar-refractivity contribution in [2.24, 2.45) is 5.14 Å². The Hall–Kier alpha value is -3.85. The molecule has 144 valence electrons. The van der Waals surface area contributed by atoms with E-state index in [1.54, 1.807) is 36.4 Å². The van der Waals surface area contributed by atoms with Crippen molar-refractivity contribution in [2.75, 3.05) is 4.90 Å². The molecule has 3 aromatic carbocycles. The van der Waals surface area contributed by atoms with Gasteiger partial charge in [-0.2, -0.15) is 24.1 Å². The number of nitriles is 2. The van der Waals surface area contributed by atoms with Crippen molar-refractivity contribution in [3.8, 4) is 17.9 Å². The summed E-state index contributed by atoms with van der Waals surface area (Å²) in [5.41, 5.74) is 3.72. The highest BCUT2D eigenvalue weighted by molar-refractivity contribution is 7.84. The topological polar surface area (TPSA) is 120 Å². The van der Waals surface area contributed by atoms with Gasteiger partial charge in [0.05, 0.1) is 23.3 Å². The molecule has 0 radical (unpaired) electrons. The highest BCUT2D eigenvalue weighted by Gasteiger charge is 2.12. The van der Waals surface area contributed by atoms with Crippen molar-refractivity contribution < 1.29 is 12.6 Å². The van der Waals surface area contributed by atoms with Gasteiger partial charge in [-0.3, -0.25) is 0 Å². The van der Waals surface area contributed by atoms with Crippen molar-refractivity contribution in [1.82, 2.24) is 0 Å². The monoisotopic (exact) mass is 404 g/mol. The van der Waals surface area contributed by atoms with Gasteiger partial charge in [-0.1, -0.05) is 12.1 Å². The molecule has 2 N–H and O–H groups in total. The minimum Gasteiger partial charge on any atom is -0.371 e. The molecule has 8 heteroatoms. The normalized spacial score (nSPS) is 10.6. The molecular weight excluding hydrogens is 388 g/mol. The van der Waals surface area contributed by atoms with E-state index in [1.807, 2.05) is 29.2 Å². The number of benzene rings is 3. The SMILES string of the molecule is N#Cc1ccc(N(Cc2ccc(OS(N)(=O)=O)cc2)c2ccc(C#N)cc2)cc1. The average Bonchev–Trinajstić information content (AvgIpc) is 2.72. The summed E-state index contributed by atoms with van der Waals surface area (Å²) in [6, 6.07) is 25.0. The fourth-order valence-electron chi connectivity index (χ4n) is 2.73. The molecule has 0 atom stereocenters. The Morgan fingerprint density at radius 1 is 0.793 bits per heavy atom. The third-order valence-corrected chi connectivity index (χ3v) is 4.52. The summed E-state index contributed by atoms with van der Waals surface area (Å²) >= 11 is 0. The molecule has 0 aromatic heterocycles. The fourth-order valence-corrected chi connectivity index (χ4v) is 3.11. The summed E-state index contributed by atoms with van der Waals surface area (Å²) in [6.45, 7) is 0.466. The van der Waals surface area contributed by atoms with Gasteiger partial charge in [-0.05, 0) is 66.2 Å². The first-order valence-corrected chi connectivity index (χ1v) is 9.94. The van der Waals surface area contributed by atoms with Gasteiger partial charge in [-0.25, -0.2) is 0 Å². The van der Waals surface area contributed by atoms with Crippen molar-refractivity contribution in [3.63, 3.8) is 0 Å². The van der Waals surface area contributed by atoms with Crippen molar-refractivity contribution in [3.05, 3.63) is 89.5 Å². The lowest BCUT2D eigenvalue weighted by molar-refractivity contribution is 0.487. The molecule has 0 saturated carbocycles. The molecular formula is C21H16N4O3S. The standard InChI is InChI=1S/C21H16N4O3S/c22-13-16-1-7-19(8-2-16)25(20-9-3-17(14-23)4-10-20)15-18-5-11-21(12-6-18)28-29(24,26)27/h1-12H,15H2,(H2,24,26,27). The first-order valence-electron chi connectivity index (χ1n) is 8.47. The molecule has 0 saturated heterocycles. The zero-order valence-corrected chi connectivity index (χ0v) is 16.0. The Morgan fingerprint density at radius 3 is 1.62 bits per heavy atom. The second kappa shape index (κ2) is 8.44. The highest BCUT2D eigenvalue weighted by Crippen LogP contribution is 2.28. The number of nitrogens with two attached hydrogens (primary N) is 1. The van der Waals surface area contributed by atoms with Crippen LogP contribution in [-0.4, -0.2) is 8.42 Å². The van der Waals surface area contributed by atoms with Gasteiger partial charge in [0.1, 0.15) is 5.75 Å². The van der Waals surface area contributed by atoms with Gasteiger partial charge in [0, 0.05) is 17.9 Å². The van der Waals surface area contributed by atoms with Crippen LogP contribution in [0.1, 0.15) is 16.7 Å². The van der Waals surface area contributed by atoms with E-state index < -0.39 is 10.3 Å². The van der Waals surface area contributed by atoms with Gasteiger partial charge >= 0.3 is 10.3 Å². The Bertz CT molecular complexity index is 1120. The second-order valence-electron chi connectivity index (χ2n) is 6.12. The van der Waals surface area contributed by atoms with Crippen LogP contribution in [0.15, 0.2) is 72.8 Å². The van der Waals surface area contributed by atoms with Crippen molar-refractivity contribution >= 4 is 21.7 Å². The fraction of sp³-hybridized carbons (Fsp3) is 0.0476. The van der Waals surface area contributed by atoms with Crippen LogP contribution in [-0.2, 0) is 16.8 Å². The van der Waals surface area contributed by atoms with Crippen LogP contribution in [0.25, 0.3) is 0 Å². The number of anilines is 2. The lowest BCUT2D eigenvalue weighted by Crippen LogP contribution is -2.19. The Balaban J connectivity index is 1.92. The van der Waals surface area contributed by atoms with Crippen molar-refractivity contribution in [2.45, 2.75) is 6.54 Å². The maximum atomic E-state index is 11.0. The maximum absolute atomic E-state index is 11.0. The van der Waals surface area contributed by atoms with Gasteiger partial charge < -0.3 is 9.08 Å². The van der Waals surface area contributed by atoms with Crippen LogP contribution in [0, 0.1) is 22.7 Å². The van der Waals surface area contributed by atoms with E-state index >= 15 is 0 Å². The summed E-state index contributed by atoms with van der Waals surface area (Å²) in [6.07, 6.45) is 0. The molecule has 0 aliphatic heterocycles. The lowest BCUT2D eigenvalue weighted by atomic mass is 10.1. The Morgan fingerprint density at radius 2 is 1.24 bits per heavy atom. The van der Waals surface area contributed by atoms with E-state index in [1.165, 1.54) is 12.1 Å². The minimum absolute atomic E-state index is 0.125. The molecule has 29 heavy (non-hydrogen) atoms. The molecule has 0 spiro atoms. The molecule has 0 bridgehead atoms. The summed E-state index contributed by atoms with van der Waals surface area (Å²) in [5.74, 6) is 0.125. The quantitative estimate of drug-likeness (QED) is 0.673. The number of nitrogens with zero attached hydrogens (tertiary/aromatic N) is 3. The zero-order valence-electron chi connectivity index (χ0n) is 15.2. The molecule has 3 aromatic rings.